The molecule has 0 saturated carbocycles. The molecule has 0 aliphatic rings. The van der Waals surface area contributed by atoms with E-state index < -0.39 is 0 Å². The summed E-state index contributed by atoms with van der Waals surface area (Å²) in [5, 5.41) is 2.60. The van der Waals surface area contributed by atoms with Gasteiger partial charge in [-0.05, 0) is 43.3 Å². The van der Waals surface area contributed by atoms with Crippen LogP contribution in [0.3, 0.4) is 0 Å². The Morgan fingerprint density at radius 3 is 2.29 bits per heavy atom. The van der Waals surface area contributed by atoms with Crippen molar-refractivity contribution in [2.24, 2.45) is 0 Å². The van der Waals surface area contributed by atoms with Gasteiger partial charge in [0, 0.05) is 12.0 Å². The summed E-state index contributed by atoms with van der Waals surface area (Å²) in [6.07, 6.45) is 0.947. The van der Waals surface area contributed by atoms with Gasteiger partial charge in [-0.2, -0.15) is 0 Å². The highest BCUT2D eigenvalue weighted by molar-refractivity contribution is 7.80. The Balaban J connectivity index is 1.71. The number of aryl methyl sites for hydroxylation is 2. The average molecular weight is 341 g/mol. The second-order valence-corrected chi connectivity index (χ2v) is 5.72. The van der Waals surface area contributed by atoms with E-state index in [1.807, 2.05) is 49.4 Å². The zero-order chi connectivity index (χ0) is 17.4. The molecule has 2 aromatic rings. The van der Waals surface area contributed by atoms with Crippen molar-refractivity contribution in [1.29, 1.82) is 0 Å². The number of nitrogens with one attached hydrogen (secondary N) is 3. The number of hydrogen-bond donors (Lipinski definition) is 3. The Labute approximate surface area is 146 Å². The molecular weight excluding hydrogens is 322 g/mol. The van der Waals surface area contributed by atoms with Crippen LogP contribution >= 0.6 is 12.2 Å². The number of benzene rings is 2. The maximum absolute atomic E-state index is 11.9. The minimum Gasteiger partial charge on any atom is -0.302 e. The largest absolute Gasteiger partial charge is 0.302 e. The van der Waals surface area contributed by atoms with E-state index >= 15 is 0 Å². The minimum absolute atomic E-state index is 0.0634. The lowest BCUT2D eigenvalue weighted by atomic mass is 10.1. The van der Waals surface area contributed by atoms with E-state index in [4.69, 9.17) is 12.2 Å². The molecule has 0 heterocycles. The number of carbonyl (C=O) groups is 2. The molecule has 0 bridgehead atoms. The Bertz CT molecular complexity index is 715. The third-order valence-electron chi connectivity index (χ3n) is 3.34. The molecule has 0 atom stereocenters. The SMILES string of the molecule is Cc1ccc(C(=O)NNC(=S)NC(=O)CCc2ccccc2)cc1. The molecule has 2 rings (SSSR count). The molecule has 124 valence electrons. The quantitative estimate of drug-likeness (QED) is 0.589. The van der Waals surface area contributed by atoms with Gasteiger partial charge in [0.1, 0.15) is 0 Å². The van der Waals surface area contributed by atoms with E-state index in [-0.39, 0.29) is 16.9 Å². The maximum Gasteiger partial charge on any atom is 0.269 e. The van der Waals surface area contributed by atoms with Crippen molar-refractivity contribution >= 4 is 29.1 Å². The third kappa shape index (κ3) is 5.81. The molecule has 0 fully saturated rings. The second-order valence-electron chi connectivity index (χ2n) is 5.31. The first kappa shape index (κ1) is 17.6. The van der Waals surface area contributed by atoms with E-state index in [9.17, 15) is 9.59 Å². The molecule has 0 aliphatic carbocycles. The first-order valence-corrected chi connectivity index (χ1v) is 7.96. The van der Waals surface area contributed by atoms with Crippen molar-refractivity contribution in [3.63, 3.8) is 0 Å². The topological polar surface area (TPSA) is 70.2 Å². The molecule has 6 heteroatoms. The lowest BCUT2D eigenvalue weighted by Crippen LogP contribution is -2.48. The standard InChI is InChI=1S/C18H19N3O2S/c1-13-7-10-15(11-8-13)17(23)20-21-18(24)19-16(22)12-9-14-5-3-2-4-6-14/h2-8,10-11H,9,12H2,1H3,(H,20,23)(H2,19,21,22,24). The van der Waals surface area contributed by atoms with Crippen LogP contribution in [0, 0.1) is 6.92 Å². The van der Waals surface area contributed by atoms with Crippen molar-refractivity contribution < 1.29 is 9.59 Å². The average Bonchev–Trinajstić information content (AvgIpc) is 2.59. The molecule has 0 aliphatic heterocycles. The maximum atomic E-state index is 11.9. The van der Waals surface area contributed by atoms with Crippen LogP contribution in [0.1, 0.15) is 27.9 Å². The van der Waals surface area contributed by atoms with Crippen molar-refractivity contribution in [3.8, 4) is 0 Å². The summed E-state index contributed by atoms with van der Waals surface area (Å²) in [7, 11) is 0. The summed E-state index contributed by atoms with van der Waals surface area (Å²) in [4.78, 5) is 23.7. The van der Waals surface area contributed by atoms with Crippen LogP contribution in [-0.4, -0.2) is 16.9 Å². The van der Waals surface area contributed by atoms with Gasteiger partial charge >= 0.3 is 0 Å². The van der Waals surface area contributed by atoms with Crippen LogP contribution in [-0.2, 0) is 11.2 Å². The summed E-state index contributed by atoms with van der Waals surface area (Å²) < 4.78 is 0. The Morgan fingerprint density at radius 1 is 0.958 bits per heavy atom. The van der Waals surface area contributed by atoms with Gasteiger partial charge in [-0.25, -0.2) is 0 Å². The number of hydrogen-bond acceptors (Lipinski definition) is 3. The zero-order valence-electron chi connectivity index (χ0n) is 13.3. The summed E-state index contributed by atoms with van der Waals surface area (Å²) >= 11 is 4.99. The van der Waals surface area contributed by atoms with Gasteiger partial charge in [-0.15, -0.1) is 0 Å². The lowest BCUT2D eigenvalue weighted by molar-refractivity contribution is -0.119. The fraction of sp³-hybridized carbons (Fsp3) is 0.167. The second kappa shape index (κ2) is 8.79. The molecule has 0 radical (unpaired) electrons. The molecule has 0 unspecified atom stereocenters. The summed E-state index contributed by atoms with van der Waals surface area (Å²) in [6.45, 7) is 1.94. The number of rotatable bonds is 4. The van der Waals surface area contributed by atoms with Gasteiger partial charge in [0.25, 0.3) is 5.91 Å². The van der Waals surface area contributed by atoms with Gasteiger partial charge < -0.3 is 5.32 Å². The monoisotopic (exact) mass is 341 g/mol. The van der Waals surface area contributed by atoms with Gasteiger partial charge in [-0.3, -0.25) is 20.4 Å². The van der Waals surface area contributed by atoms with Crippen LogP contribution in [0.15, 0.2) is 54.6 Å². The molecule has 2 amide bonds. The van der Waals surface area contributed by atoms with Gasteiger partial charge in [0.2, 0.25) is 5.91 Å². The fourth-order valence-electron chi connectivity index (χ4n) is 2.01. The number of thiocarbonyl (C=S) groups is 1. The molecule has 3 N–H and O–H groups in total. The first-order valence-electron chi connectivity index (χ1n) is 7.55. The van der Waals surface area contributed by atoms with Crippen LogP contribution in [0.4, 0.5) is 0 Å². The van der Waals surface area contributed by atoms with Crippen molar-refractivity contribution in [2.75, 3.05) is 0 Å². The molecule has 5 nitrogen and oxygen atoms in total. The van der Waals surface area contributed by atoms with Crippen molar-refractivity contribution in [1.82, 2.24) is 16.2 Å². The van der Waals surface area contributed by atoms with Crippen LogP contribution in [0.5, 0.6) is 0 Å². The molecule has 2 aromatic carbocycles. The lowest BCUT2D eigenvalue weighted by Gasteiger charge is -2.11. The Morgan fingerprint density at radius 2 is 1.62 bits per heavy atom. The third-order valence-corrected chi connectivity index (χ3v) is 3.54. The molecular formula is C18H19N3O2S. The Hall–Kier alpha value is -2.73. The highest BCUT2D eigenvalue weighted by atomic mass is 32.1. The van der Waals surface area contributed by atoms with Crippen molar-refractivity contribution in [2.45, 2.75) is 19.8 Å². The number of carbonyl (C=O) groups excluding carboxylic acids is 2. The van der Waals surface area contributed by atoms with E-state index in [2.05, 4.69) is 16.2 Å². The van der Waals surface area contributed by atoms with Crippen LogP contribution < -0.4 is 16.2 Å². The van der Waals surface area contributed by atoms with Crippen LogP contribution in [0.25, 0.3) is 0 Å². The van der Waals surface area contributed by atoms with E-state index in [1.165, 1.54) is 0 Å². The highest BCUT2D eigenvalue weighted by Crippen LogP contribution is 2.03. The zero-order valence-corrected chi connectivity index (χ0v) is 14.2. The smallest absolute Gasteiger partial charge is 0.269 e. The summed E-state index contributed by atoms with van der Waals surface area (Å²) in [5.74, 6) is -0.531. The fourth-order valence-corrected chi connectivity index (χ4v) is 2.18. The number of hydrazine groups is 1. The van der Waals surface area contributed by atoms with E-state index in [0.29, 0.717) is 18.4 Å². The predicted octanol–water partition coefficient (Wildman–Crippen LogP) is 2.26. The molecule has 0 spiro atoms. The number of amides is 2. The summed E-state index contributed by atoms with van der Waals surface area (Å²) in [6, 6.07) is 16.8. The van der Waals surface area contributed by atoms with Crippen LogP contribution in [0.2, 0.25) is 0 Å². The predicted molar refractivity (Wildman–Crippen MR) is 97.3 cm³/mol. The van der Waals surface area contributed by atoms with E-state index in [1.54, 1.807) is 12.1 Å². The molecule has 24 heavy (non-hydrogen) atoms. The first-order chi connectivity index (χ1) is 11.5. The molecule has 0 saturated heterocycles. The Kier molecular flexibility index (Phi) is 6.45. The normalized spacial score (nSPS) is 9.88. The van der Waals surface area contributed by atoms with Gasteiger partial charge in [-0.1, -0.05) is 48.0 Å². The van der Waals surface area contributed by atoms with E-state index in [0.717, 1.165) is 11.1 Å². The minimum atomic E-state index is -0.323. The van der Waals surface area contributed by atoms with Crippen molar-refractivity contribution in [3.05, 3.63) is 71.3 Å². The van der Waals surface area contributed by atoms with Gasteiger partial charge in [0.15, 0.2) is 5.11 Å². The highest BCUT2D eigenvalue weighted by Gasteiger charge is 2.08. The van der Waals surface area contributed by atoms with Gasteiger partial charge in [0.05, 0.1) is 0 Å². The summed E-state index contributed by atoms with van der Waals surface area (Å²) in [5.41, 5.74) is 7.64. The molecule has 0 aromatic heterocycles.